The second-order valence-electron chi connectivity index (χ2n) is 16.7. The van der Waals surface area contributed by atoms with Gasteiger partial charge in [0.1, 0.15) is 0 Å². The van der Waals surface area contributed by atoms with Gasteiger partial charge in [-0.1, -0.05) is 168 Å². The van der Waals surface area contributed by atoms with Crippen molar-refractivity contribution < 1.29 is 0 Å². The molecular formula is C57H52N2. The van der Waals surface area contributed by atoms with Crippen molar-refractivity contribution in [3.63, 3.8) is 0 Å². The average molecular weight is 765 g/mol. The highest BCUT2D eigenvalue weighted by atomic mass is 15.2. The Morgan fingerprint density at radius 1 is 0.508 bits per heavy atom. The molecule has 0 fully saturated rings. The molecule has 1 N–H and O–H groups in total. The molecule has 1 unspecified atom stereocenters. The molecule has 9 rings (SSSR count). The maximum absolute atomic E-state index is 3.88. The van der Waals surface area contributed by atoms with Gasteiger partial charge in [-0.2, -0.15) is 0 Å². The number of hydrogen-bond acceptors (Lipinski definition) is 2. The van der Waals surface area contributed by atoms with Crippen LogP contribution in [0.5, 0.6) is 0 Å². The van der Waals surface area contributed by atoms with Gasteiger partial charge in [-0.25, -0.2) is 0 Å². The van der Waals surface area contributed by atoms with Crippen LogP contribution in [0.15, 0.2) is 188 Å². The van der Waals surface area contributed by atoms with Crippen LogP contribution in [-0.2, 0) is 5.41 Å². The number of nitrogens with zero attached hydrogens (tertiary/aromatic N) is 1. The molecule has 0 saturated carbocycles. The highest BCUT2D eigenvalue weighted by Gasteiger charge is 2.37. The Kier molecular flexibility index (Phi) is 10.3. The normalized spacial score (nSPS) is 13.3. The zero-order valence-electron chi connectivity index (χ0n) is 34.8. The van der Waals surface area contributed by atoms with Crippen LogP contribution < -0.4 is 10.2 Å². The molecule has 0 amide bonds. The molecule has 1 heterocycles. The van der Waals surface area contributed by atoms with Crippen LogP contribution in [-0.4, -0.2) is 0 Å². The van der Waals surface area contributed by atoms with Gasteiger partial charge in [-0.05, 0) is 135 Å². The molecule has 59 heavy (non-hydrogen) atoms. The summed E-state index contributed by atoms with van der Waals surface area (Å²) in [6.45, 7) is 11.6. The topological polar surface area (TPSA) is 15.3 Å². The van der Waals surface area contributed by atoms with E-state index in [0.717, 1.165) is 29.9 Å². The molecule has 0 bridgehead atoms. The molecule has 290 valence electrons. The van der Waals surface area contributed by atoms with Crippen molar-refractivity contribution in [2.75, 3.05) is 10.2 Å². The van der Waals surface area contributed by atoms with Crippen molar-refractivity contribution in [1.29, 1.82) is 0 Å². The largest absolute Gasteiger partial charge is 0.355 e. The maximum atomic E-state index is 3.88. The smallest absolute Gasteiger partial charge is 0.0503 e. The Balaban J connectivity index is 1.12. The lowest BCUT2D eigenvalue weighted by molar-refractivity contribution is 0.632. The minimum atomic E-state index is -0.207. The summed E-state index contributed by atoms with van der Waals surface area (Å²) in [5, 5.41) is 3.88. The second-order valence-corrected chi connectivity index (χ2v) is 16.7. The first-order valence-corrected chi connectivity index (χ1v) is 21.2. The molecule has 1 atom stereocenters. The molecule has 0 saturated heterocycles. The fraction of sp³-hybridized carbons (Fsp3) is 0.158. The van der Waals surface area contributed by atoms with Crippen LogP contribution in [0, 0.1) is 6.92 Å². The highest BCUT2D eigenvalue weighted by molar-refractivity contribution is 5.90. The molecule has 0 spiro atoms. The van der Waals surface area contributed by atoms with Gasteiger partial charge in [0.25, 0.3) is 0 Å². The van der Waals surface area contributed by atoms with Crippen LogP contribution in [0.1, 0.15) is 68.7 Å². The van der Waals surface area contributed by atoms with Gasteiger partial charge in [0.2, 0.25) is 0 Å². The zero-order valence-corrected chi connectivity index (χ0v) is 34.8. The first kappa shape index (κ1) is 37.9. The Labute approximate surface area is 350 Å². The molecule has 1 aliphatic rings. The molecule has 0 aliphatic carbocycles. The maximum Gasteiger partial charge on any atom is 0.0503 e. The standard InChI is InChI=1S/C57H52N2/c1-6-17-39(2)49-33-30-46(38-51(49)48-23-14-13-18-40(48)3)58-54-34-28-44(36-50(54)43-21-11-8-12-22-43)45-29-35-56-53(37-45)57(4,5)52-24-15-16-25-55(52)59(56)47-31-26-42(27-32-47)41-19-9-7-10-20-41/h7-16,18-39,58H,6,17H2,1-5H3. The van der Waals surface area contributed by atoms with Crippen LogP contribution in [0.25, 0.3) is 44.5 Å². The second kappa shape index (κ2) is 16.0. The zero-order chi connectivity index (χ0) is 40.5. The van der Waals surface area contributed by atoms with Crippen LogP contribution >= 0.6 is 0 Å². The van der Waals surface area contributed by atoms with E-state index in [1.807, 2.05) is 0 Å². The van der Waals surface area contributed by atoms with E-state index in [0.29, 0.717) is 5.92 Å². The van der Waals surface area contributed by atoms with Gasteiger partial charge in [-0.15, -0.1) is 0 Å². The van der Waals surface area contributed by atoms with E-state index in [2.05, 4.69) is 233 Å². The number of nitrogens with one attached hydrogen (secondary N) is 1. The summed E-state index contributed by atoms with van der Waals surface area (Å²) in [7, 11) is 0. The lowest BCUT2D eigenvalue weighted by Crippen LogP contribution is -2.30. The summed E-state index contributed by atoms with van der Waals surface area (Å²) >= 11 is 0. The van der Waals surface area contributed by atoms with Gasteiger partial charge < -0.3 is 10.2 Å². The number of hydrogen-bond donors (Lipinski definition) is 1. The predicted molar refractivity (Wildman–Crippen MR) is 253 cm³/mol. The summed E-state index contributed by atoms with van der Waals surface area (Å²) in [6.07, 6.45) is 2.33. The molecular weight excluding hydrogens is 713 g/mol. The molecule has 8 aromatic carbocycles. The number of aryl methyl sites for hydroxylation is 1. The molecule has 8 aromatic rings. The number of fused-ring (bicyclic) bond motifs is 2. The number of anilines is 5. The highest BCUT2D eigenvalue weighted by Crippen LogP contribution is 2.53. The monoisotopic (exact) mass is 764 g/mol. The van der Waals surface area contributed by atoms with Gasteiger partial charge in [-0.3, -0.25) is 0 Å². The van der Waals surface area contributed by atoms with E-state index in [-0.39, 0.29) is 5.41 Å². The van der Waals surface area contributed by atoms with Crippen molar-refractivity contribution in [3.05, 3.63) is 210 Å². The Hall–Kier alpha value is -6.64. The number of rotatable bonds is 10. The SMILES string of the molecule is CCCC(C)c1ccc(Nc2ccc(-c3ccc4c(c3)C(C)(C)c3ccccc3N4c3ccc(-c4ccccc4)cc3)cc2-c2ccccc2)cc1-c1ccccc1C. The summed E-state index contributed by atoms with van der Waals surface area (Å²) < 4.78 is 0. The van der Waals surface area contributed by atoms with Gasteiger partial charge in [0, 0.05) is 28.0 Å². The van der Waals surface area contributed by atoms with Crippen molar-refractivity contribution in [2.45, 2.75) is 58.8 Å². The fourth-order valence-corrected chi connectivity index (χ4v) is 9.20. The molecule has 2 heteroatoms. The Morgan fingerprint density at radius 3 is 1.86 bits per heavy atom. The first-order chi connectivity index (χ1) is 28.8. The minimum absolute atomic E-state index is 0.207. The minimum Gasteiger partial charge on any atom is -0.355 e. The van der Waals surface area contributed by atoms with E-state index in [1.54, 1.807) is 0 Å². The molecule has 1 aliphatic heterocycles. The average Bonchev–Trinajstić information content (AvgIpc) is 3.28. The third-order valence-electron chi connectivity index (χ3n) is 12.4. The molecule has 2 nitrogen and oxygen atoms in total. The van der Waals surface area contributed by atoms with E-state index in [9.17, 15) is 0 Å². The fourth-order valence-electron chi connectivity index (χ4n) is 9.20. The summed E-state index contributed by atoms with van der Waals surface area (Å²) in [5.74, 6) is 0.477. The van der Waals surface area contributed by atoms with Crippen LogP contribution in [0.4, 0.5) is 28.4 Å². The predicted octanol–water partition coefficient (Wildman–Crippen LogP) is 16.4. The van der Waals surface area contributed by atoms with Crippen molar-refractivity contribution in [2.24, 2.45) is 0 Å². The third kappa shape index (κ3) is 7.25. The quantitative estimate of drug-likeness (QED) is 0.149. The number of benzene rings is 8. The Bertz CT molecular complexity index is 2740. The van der Waals surface area contributed by atoms with E-state index in [4.69, 9.17) is 0 Å². The van der Waals surface area contributed by atoms with E-state index < -0.39 is 0 Å². The summed E-state index contributed by atoms with van der Waals surface area (Å²) in [5.41, 5.74) is 20.7. The molecule has 0 radical (unpaired) electrons. The van der Waals surface area contributed by atoms with Gasteiger partial charge in [0.05, 0.1) is 11.4 Å². The van der Waals surface area contributed by atoms with Gasteiger partial charge >= 0.3 is 0 Å². The number of para-hydroxylation sites is 1. The molecule has 0 aromatic heterocycles. The van der Waals surface area contributed by atoms with Crippen molar-refractivity contribution in [1.82, 2.24) is 0 Å². The summed E-state index contributed by atoms with van der Waals surface area (Å²) in [4.78, 5) is 2.44. The lowest BCUT2D eigenvalue weighted by atomic mass is 9.73. The summed E-state index contributed by atoms with van der Waals surface area (Å²) in [6, 6.07) is 69.0. The Morgan fingerprint density at radius 2 is 1.12 bits per heavy atom. The van der Waals surface area contributed by atoms with Crippen LogP contribution in [0.2, 0.25) is 0 Å². The van der Waals surface area contributed by atoms with Crippen LogP contribution in [0.3, 0.4) is 0 Å². The van der Waals surface area contributed by atoms with Gasteiger partial charge in [0.15, 0.2) is 0 Å². The van der Waals surface area contributed by atoms with Crippen molar-refractivity contribution >= 4 is 28.4 Å². The van der Waals surface area contributed by atoms with E-state index in [1.165, 1.54) is 78.1 Å². The third-order valence-corrected chi connectivity index (χ3v) is 12.4. The van der Waals surface area contributed by atoms with Crippen molar-refractivity contribution in [3.8, 4) is 44.5 Å². The lowest BCUT2D eigenvalue weighted by Gasteiger charge is -2.42. The van der Waals surface area contributed by atoms with E-state index >= 15 is 0 Å². The first-order valence-electron chi connectivity index (χ1n) is 21.2.